The molecule has 0 aliphatic heterocycles. The van der Waals surface area contributed by atoms with Crippen molar-refractivity contribution in [2.75, 3.05) is 0 Å². The summed E-state index contributed by atoms with van der Waals surface area (Å²) in [4.78, 5) is 4.39. The maximum absolute atomic E-state index is 13.3. The monoisotopic (exact) mass is 278 g/mol. The van der Waals surface area contributed by atoms with Crippen LogP contribution in [-0.4, -0.2) is 9.38 Å². The average molecular weight is 279 g/mol. The van der Waals surface area contributed by atoms with Crippen LogP contribution in [0.3, 0.4) is 0 Å². The van der Waals surface area contributed by atoms with Crippen molar-refractivity contribution in [3.05, 3.63) is 46.4 Å². The number of aryl methyl sites for hydroxylation is 1. The van der Waals surface area contributed by atoms with Gasteiger partial charge in [-0.05, 0) is 58.6 Å². The Hall–Kier alpha value is -1.42. The van der Waals surface area contributed by atoms with Crippen molar-refractivity contribution in [3.63, 3.8) is 0 Å². The molecule has 0 unspecified atom stereocenters. The lowest BCUT2D eigenvalue weighted by Crippen LogP contribution is -1.89. The van der Waals surface area contributed by atoms with Gasteiger partial charge in [0.25, 0.3) is 0 Å². The van der Waals surface area contributed by atoms with E-state index in [4.69, 9.17) is 0 Å². The topological polar surface area (TPSA) is 17.3 Å². The molecule has 0 bridgehead atoms. The molecule has 80 valence electrons. The van der Waals surface area contributed by atoms with E-state index in [-0.39, 0.29) is 5.82 Å². The first kappa shape index (κ1) is 9.78. The first-order valence-corrected chi connectivity index (χ1v) is 5.69. The van der Waals surface area contributed by atoms with E-state index >= 15 is 0 Å². The second kappa shape index (κ2) is 3.28. The molecule has 0 saturated carbocycles. The number of hydrogen-bond donors (Lipinski definition) is 0. The highest BCUT2D eigenvalue weighted by Crippen LogP contribution is 2.24. The smallest absolute Gasteiger partial charge is 0.138 e. The van der Waals surface area contributed by atoms with Crippen molar-refractivity contribution in [1.82, 2.24) is 9.38 Å². The average Bonchev–Trinajstić information content (AvgIpc) is 2.55. The molecule has 0 amide bonds. The Kier molecular flexibility index (Phi) is 2.01. The highest BCUT2D eigenvalue weighted by molar-refractivity contribution is 9.10. The summed E-state index contributed by atoms with van der Waals surface area (Å²) in [7, 11) is 0. The minimum atomic E-state index is -0.238. The normalized spacial score (nSPS) is 11.4. The third kappa shape index (κ3) is 1.26. The zero-order valence-corrected chi connectivity index (χ0v) is 10.1. The molecule has 1 aromatic carbocycles. The minimum Gasteiger partial charge on any atom is -0.286 e. The Labute approximate surface area is 99.8 Å². The number of hydrogen-bond acceptors (Lipinski definition) is 1. The lowest BCUT2D eigenvalue weighted by atomic mass is 10.2. The summed E-state index contributed by atoms with van der Waals surface area (Å²) < 4.78 is 16.0. The summed E-state index contributed by atoms with van der Waals surface area (Å²) in [5.41, 5.74) is 2.55. The number of halogens is 2. The molecular weight excluding hydrogens is 271 g/mol. The van der Waals surface area contributed by atoms with Gasteiger partial charge >= 0.3 is 0 Å². The van der Waals surface area contributed by atoms with E-state index in [1.807, 2.05) is 23.5 Å². The van der Waals surface area contributed by atoms with Crippen molar-refractivity contribution < 1.29 is 4.39 Å². The van der Waals surface area contributed by atoms with E-state index in [0.29, 0.717) is 0 Å². The molecule has 2 aromatic heterocycles. The highest BCUT2D eigenvalue weighted by atomic mass is 79.9. The fraction of sp³-hybridized carbons (Fsp3) is 0.0833. The van der Waals surface area contributed by atoms with Crippen LogP contribution in [0.2, 0.25) is 0 Å². The van der Waals surface area contributed by atoms with Gasteiger partial charge in [-0.3, -0.25) is 4.40 Å². The summed E-state index contributed by atoms with van der Waals surface area (Å²) in [6.45, 7) is 1.92. The highest BCUT2D eigenvalue weighted by Gasteiger charge is 2.09. The number of rotatable bonds is 0. The van der Waals surface area contributed by atoms with Gasteiger partial charge in [-0.25, -0.2) is 9.37 Å². The zero-order chi connectivity index (χ0) is 11.3. The Bertz CT molecular complexity index is 703. The molecule has 0 N–H and O–H groups in total. The SMILES string of the molecule is Cc1nc2ccc3ccc(F)cc3n2c1Br. The van der Waals surface area contributed by atoms with Crippen LogP contribution in [0, 0.1) is 12.7 Å². The first-order valence-electron chi connectivity index (χ1n) is 4.89. The van der Waals surface area contributed by atoms with E-state index in [1.54, 1.807) is 6.07 Å². The predicted molar refractivity (Wildman–Crippen MR) is 65.1 cm³/mol. The van der Waals surface area contributed by atoms with E-state index in [0.717, 1.165) is 26.8 Å². The van der Waals surface area contributed by atoms with Gasteiger partial charge < -0.3 is 0 Å². The Morgan fingerprint density at radius 2 is 2.00 bits per heavy atom. The first-order chi connectivity index (χ1) is 7.66. The van der Waals surface area contributed by atoms with Gasteiger partial charge in [0.2, 0.25) is 0 Å². The van der Waals surface area contributed by atoms with Crippen molar-refractivity contribution in [2.45, 2.75) is 6.92 Å². The third-order valence-corrected chi connectivity index (χ3v) is 3.58. The minimum absolute atomic E-state index is 0.238. The van der Waals surface area contributed by atoms with Gasteiger partial charge in [-0.1, -0.05) is 0 Å². The van der Waals surface area contributed by atoms with Gasteiger partial charge in [-0.2, -0.15) is 0 Å². The van der Waals surface area contributed by atoms with Gasteiger partial charge in [0.1, 0.15) is 16.1 Å². The molecule has 3 aromatic rings. The molecule has 0 radical (unpaired) electrons. The molecule has 0 aliphatic carbocycles. The van der Waals surface area contributed by atoms with E-state index in [1.165, 1.54) is 12.1 Å². The molecule has 0 spiro atoms. The molecule has 0 aliphatic rings. The number of benzene rings is 1. The summed E-state index contributed by atoms with van der Waals surface area (Å²) in [5.74, 6) is -0.238. The zero-order valence-electron chi connectivity index (χ0n) is 8.54. The molecule has 4 heteroatoms. The van der Waals surface area contributed by atoms with Crippen molar-refractivity contribution in [2.24, 2.45) is 0 Å². The van der Waals surface area contributed by atoms with Gasteiger partial charge in [0, 0.05) is 0 Å². The lowest BCUT2D eigenvalue weighted by Gasteiger charge is -2.03. The Morgan fingerprint density at radius 3 is 2.81 bits per heavy atom. The van der Waals surface area contributed by atoms with Crippen LogP contribution in [0.4, 0.5) is 4.39 Å². The second-order valence-electron chi connectivity index (χ2n) is 3.72. The molecule has 3 rings (SSSR count). The number of nitrogens with zero attached hydrogens (tertiary/aromatic N) is 2. The summed E-state index contributed by atoms with van der Waals surface area (Å²) >= 11 is 3.47. The number of fused-ring (bicyclic) bond motifs is 3. The van der Waals surface area contributed by atoms with Crippen LogP contribution in [0.5, 0.6) is 0 Å². The standard InChI is InChI=1S/C12H8BrFN2/c1-7-12(13)16-10-6-9(14)4-2-8(10)3-5-11(16)15-7/h2-6H,1H3. The maximum atomic E-state index is 13.3. The Balaban J connectivity index is 2.60. The van der Waals surface area contributed by atoms with Crippen molar-refractivity contribution in [1.29, 1.82) is 0 Å². The molecule has 2 nitrogen and oxygen atoms in total. The third-order valence-electron chi connectivity index (χ3n) is 2.65. The van der Waals surface area contributed by atoms with Gasteiger partial charge in [0.15, 0.2) is 0 Å². The van der Waals surface area contributed by atoms with Crippen LogP contribution >= 0.6 is 15.9 Å². The molecular formula is C12H8BrFN2. The van der Waals surface area contributed by atoms with Gasteiger partial charge in [0.05, 0.1) is 11.2 Å². The summed E-state index contributed by atoms with van der Waals surface area (Å²) in [6.07, 6.45) is 0. The van der Waals surface area contributed by atoms with Crippen LogP contribution in [0.1, 0.15) is 5.69 Å². The van der Waals surface area contributed by atoms with E-state index in [2.05, 4.69) is 20.9 Å². The van der Waals surface area contributed by atoms with Crippen LogP contribution in [0.15, 0.2) is 34.9 Å². The molecule has 0 saturated heterocycles. The predicted octanol–water partition coefficient (Wildman–Crippen LogP) is 3.70. The lowest BCUT2D eigenvalue weighted by molar-refractivity contribution is 0.629. The number of imidazole rings is 1. The molecule has 16 heavy (non-hydrogen) atoms. The molecule has 0 fully saturated rings. The molecule has 2 heterocycles. The Morgan fingerprint density at radius 1 is 1.25 bits per heavy atom. The van der Waals surface area contributed by atoms with Crippen molar-refractivity contribution >= 4 is 32.5 Å². The fourth-order valence-corrected chi connectivity index (χ4v) is 2.35. The number of pyridine rings is 1. The van der Waals surface area contributed by atoms with Crippen LogP contribution < -0.4 is 0 Å². The van der Waals surface area contributed by atoms with E-state index in [9.17, 15) is 4.39 Å². The van der Waals surface area contributed by atoms with Crippen LogP contribution in [-0.2, 0) is 0 Å². The quantitative estimate of drug-likeness (QED) is 0.613. The van der Waals surface area contributed by atoms with Crippen LogP contribution in [0.25, 0.3) is 16.6 Å². The van der Waals surface area contributed by atoms with Gasteiger partial charge in [-0.15, -0.1) is 0 Å². The largest absolute Gasteiger partial charge is 0.286 e. The fourth-order valence-electron chi connectivity index (χ4n) is 1.89. The summed E-state index contributed by atoms with van der Waals surface area (Å²) in [6, 6.07) is 8.63. The van der Waals surface area contributed by atoms with Crippen molar-refractivity contribution in [3.8, 4) is 0 Å². The van der Waals surface area contributed by atoms with E-state index < -0.39 is 0 Å². The maximum Gasteiger partial charge on any atom is 0.138 e. The second-order valence-corrected chi connectivity index (χ2v) is 4.47. The molecule has 0 atom stereocenters. The number of aromatic nitrogens is 2. The summed E-state index contributed by atoms with van der Waals surface area (Å²) in [5, 5.41) is 0.993.